The summed E-state index contributed by atoms with van der Waals surface area (Å²) in [5.41, 5.74) is 2.99. The van der Waals surface area contributed by atoms with Gasteiger partial charge >= 0.3 is 0 Å². The van der Waals surface area contributed by atoms with Gasteiger partial charge in [-0.2, -0.15) is 0 Å². The smallest absolute Gasteiger partial charge is 0.163 e. The molecule has 5 heteroatoms. The van der Waals surface area contributed by atoms with E-state index in [0.29, 0.717) is 5.92 Å². The molecule has 120 valence electrons. The zero-order chi connectivity index (χ0) is 15.9. The summed E-state index contributed by atoms with van der Waals surface area (Å²) in [7, 11) is 0. The van der Waals surface area contributed by atoms with Crippen molar-refractivity contribution in [3.8, 4) is 11.4 Å². The maximum atomic E-state index is 9.88. The van der Waals surface area contributed by atoms with Gasteiger partial charge in [0.2, 0.25) is 0 Å². The number of aromatic nitrogens is 3. The number of rotatable bonds is 5. The molecule has 1 fully saturated rings. The summed E-state index contributed by atoms with van der Waals surface area (Å²) in [4.78, 5) is 13.7. The number of fused-ring (bicyclic) bond motifs is 1. The van der Waals surface area contributed by atoms with Crippen LogP contribution in [-0.2, 0) is 12.8 Å². The first-order chi connectivity index (χ1) is 11.2. The highest BCUT2D eigenvalue weighted by molar-refractivity contribution is 5.60. The first-order valence-corrected chi connectivity index (χ1v) is 8.39. The Morgan fingerprint density at radius 3 is 2.87 bits per heavy atom. The van der Waals surface area contributed by atoms with E-state index in [1.54, 1.807) is 12.4 Å². The number of aliphatic hydroxyl groups is 1. The maximum absolute atomic E-state index is 9.88. The van der Waals surface area contributed by atoms with Crippen LogP contribution >= 0.6 is 0 Å². The van der Waals surface area contributed by atoms with Gasteiger partial charge in [-0.15, -0.1) is 0 Å². The summed E-state index contributed by atoms with van der Waals surface area (Å²) >= 11 is 0. The molecule has 0 aromatic carbocycles. The van der Waals surface area contributed by atoms with Crippen molar-refractivity contribution in [2.45, 2.75) is 44.6 Å². The Morgan fingerprint density at radius 2 is 2.17 bits per heavy atom. The Kier molecular flexibility index (Phi) is 3.53. The predicted molar refractivity (Wildman–Crippen MR) is 89.1 cm³/mol. The van der Waals surface area contributed by atoms with E-state index < -0.39 is 0 Å². The minimum atomic E-state index is -0.295. The van der Waals surface area contributed by atoms with E-state index in [1.807, 2.05) is 12.1 Å². The molecule has 2 aliphatic carbocycles. The Bertz CT molecular complexity index is 714. The lowest BCUT2D eigenvalue weighted by Gasteiger charge is -2.30. The lowest BCUT2D eigenvalue weighted by Crippen LogP contribution is -2.41. The summed E-state index contributed by atoms with van der Waals surface area (Å²) in [6, 6.07) is 3.89. The van der Waals surface area contributed by atoms with Crippen molar-refractivity contribution < 1.29 is 5.11 Å². The topological polar surface area (TPSA) is 70.9 Å². The van der Waals surface area contributed by atoms with Crippen LogP contribution < -0.4 is 5.32 Å². The number of aryl methyl sites for hydroxylation is 1. The van der Waals surface area contributed by atoms with Crippen molar-refractivity contribution in [2.75, 3.05) is 11.9 Å². The van der Waals surface area contributed by atoms with E-state index in [0.717, 1.165) is 42.2 Å². The molecular formula is C18H22N4O. The summed E-state index contributed by atoms with van der Waals surface area (Å²) in [6.45, 7) is 2.22. The molecule has 1 saturated carbocycles. The normalized spacial score (nSPS) is 19.2. The lowest BCUT2D eigenvalue weighted by atomic mass is 9.96. The highest BCUT2D eigenvalue weighted by Crippen LogP contribution is 2.42. The standard InChI is InChI=1S/C18H22N4O/c1-18(11-23,13-7-8-13)22-17-14-5-2-6-15(14)20-16(21-17)12-4-3-9-19-10-12/h3-4,9-10,13,23H,2,5-8,11H2,1H3,(H,20,21,22). The van der Waals surface area contributed by atoms with Gasteiger partial charge in [-0.25, -0.2) is 9.97 Å². The Labute approximate surface area is 136 Å². The van der Waals surface area contributed by atoms with E-state index in [1.165, 1.54) is 18.4 Å². The molecule has 4 rings (SSSR count). The highest BCUT2D eigenvalue weighted by Gasteiger charge is 2.42. The fourth-order valence-corrected chi connectivity index (χ4v) is 3.42. The second-order valence-electron chi connectivity index (χ2n) is 6.89. The van der Waals surface area contributed by atoms with Crippen molar-refractivity contribution in [1.29, 1.82) is 0 Å². The Balaban J connectivity index is 1.75. The average molecular weight is 310 g/mol. The molecule has 2 N–H and O–H groups in total. The monoisotopic (exact) mass is 310 g/mol. The van der Waals surface area contributed by atoms with Crippen LogP contribution in [0.4, 0.5) is 5.82 Å². The molecule has 2 aliphatic rings. The minimum Gasteiger partial charge on any atom is -0.394 e. The molecule has 0 radical (unpaired) electrons. The molecular weight excluding hydrogens is 288 g/mol. The molecule has 2 aromatic rings. The van der Waals surface area contributed by atoms with Crippen molar-refractivity contribution in [3.05, 3.63) is 35.8 Å². The van der Waals surface area contributed by atoms with Crippen LogP contribution in [0.1, 0.15) is 37.4 Å². The summed E-state index contributed by atoms with van der Waals surface area (Å²) in [5, 5.41) is 13.4. The average Bonchev–Trinajstić information content (AvgIpc) is 3.34. The third-order valence-electron chi connectivity index (χ3n) is 5.06. The van der Waals surface area contributed by atoms with Gasteiger partial charge in [0.15, 0.2) is 5.82 Å². The Morgan fingerprint density at radius 1 is 1.30 bits per heavy atom. The van der Waals surface area contributed by atoms with Gasteiger partial charge in [-0.1, -0.05) is 0 Å². The van der Waals surface area contributed by atoms with Crippen molar-refractivity contribution in [1.82, 2.24) is 15.0 Å². The molecule has 5 nitrogen and oxygen atoms in total. The van der Waals surface area contributed by atoms with Crippen LogP contribution in [-0.4, -0.2) is 32.2 Å². The first-order valence-electron chi connectivity index (χ1n) is 8.39. The van der Waals surface area contributed by atoms with Gasteiger partial charge in [-0.05, 0) is 57.1 Å². The predicted octanol–water partition coefficient (Wildman–Crippen LogP) is 2.60. The molecule has 0 spiro atoms. The number of hydrogen-bond acceptors (Lipinski definition) is 5. The molecule has 2 heterocycles. The van der Waals surface area contributed by atoms with Crippen LogP contribution in [0.3, 0.4) is 0 Å². The van der Waals surface area contributed by atoms with Gasteiger partial charge in [0.25, 0.3) is 0 Å². The first kappa shape index (κ1) is 14.6. The largest absolute Gasteiger partial charge is 0.394 e. The molecule has 23 heavy (non-hydrogen) atoms. The van der Waals surface area contributed by atoms with Crippen molar-refractivity contribution in [3.63, 3.8) is 0 Å². The van der Waals surface area contributed by atoms with Crippen LogP contribution in [0.25, 0.3) is 11.4 Å². The van der Waals surface area contributed by atoms with Crippen molar-refractivity contribution in [2.24, 2.45) is 5.92 Å². The van der Waals surface area contributed by atoms with Gasteiger partial charge in [0, 0.05) is 29.2 Å². The van der Waals surface area contributed by atoms with E-state index in [2.05, 4.69) is 17.2 Å². The molecule has 0 amide bonds. The van der Waals surface area contributed by atoms with Crippen LogP contribution in [0.15, 0.2) is 24.5 Å². The molecule has 1 unspecified atom stereocenters. The fourth-order valence-electron chi connectivity index (χ4n) is 3.42. The summed E-state index contributed by atoms with van der Waals surface area (Å²) in [5.74, 6) is 2.15. The number of anilines is 1. The third kappa shape index (κ3) is 2.70. The highest BCUT2D eigenvalue weighted by atomic mass is 16.3. The second kappa shape index (κ2) is 5.57. The van der Waals surface area contributed by atoms with Crippen LogP contribution in [0, 0.1) is 5.92 Å². The number of nitrogens with zero attached hydrogens (tertiary/aromatic N) is 3. The minimum absolute atomic E-state index is 0.124. The van der Waals surface area contributed by atoms with E-state index in [4.69, 9.17) is 9.97 Å². The van der Waals surface area contributed by atoms with Gasteiger partial charge < -0.3 is 10.4 Å². The summed E-state index contributed by atoms with van der Waals surface area (Å²) in [6.07, 6.45) is 9.03. The molecule has 0 saturated heterocycles. The van der Waals surface area contributed by atoms with E-state index in [9.17, 15) is 5.11 Å². The lowest BCUT2D eigenvalue weighted by molar-refractivity contribution is 0.205. The zero-order valence-electron chi connectivity index (χ0n) is 13.4. The third-order valence-corrected chi connectivity index (χ3v) is 5.06. The maximum Gasteiger partial charge on any atom is 0.163 e. The van der Waals surface area contributed by atoms with Crippen LogP contribution in [0.5, 0.6) is 0 Å². The van der Waals surface area contributed by atoms with E-state index in [-0.39, 0.29) is 12.1 Å². The molecule has 0 bridgehead atoms. The summed E-state index contributed by atoms with van der Waals surface area (Å²) < 4.78 is 0. The number of aliphatic hydroxyl groups excluding tert-OH is 1. The number of hydrogen-bond donors (Lipinski definition) is 2. The van der Waals surface area contributed by atoms with Gasteiger partial charge in [0.1, 0.15) is 5.82 Å². The molecule has 0 aliphatic heterocycles. The fraction of sp³-hybridized carbons (Fsp3) is 0.500. The number of pyridine rings is 1. The van der Waals surface area contributed by atoms with Crippen LogP contribution in [0.2, 0.25) is 0 Å². The number of nitrogens with one attached hydrogen (secondary N) is 1. The van der Waals surface area contributed by atoms with Gasteiger partial charge in [-0.3, -0.25) is 4.98 Å². The quantitative estimate of drug-likeness (QED) is 0.888. The SMILES string of the molecule is CC(CO)(Nc1nc(-c2cccnc2)nc2c1CCC2)C1CC1. The molecule has 1 atom stereocenters. The van der Waals surface area contributed by atoms with Gasteiger partial charge in [0.05, 0.1) is 12.1 Å². The Hall–Kier alpha value is -2.01. The van der Waals surface area contributed by atoms with Crippen molar-refractivity contribution >= 4 is 5.82 Å². The molecule has 2 aromatic heterocycles. The zero-order valence-corrected chi connectivity index (χ0v) is 13.4. The second-order valence-corrected chi connectivity index (χ2v) is 6.89. The van der Waals surface area contributed by atoms with E-state index >= 15 is 0 Å².